The van der Waals surface area contributed by atoms with Gasteiger partial charge in [0, 0.05) is 17.6 Å². The van der Waals surface area contributed by atoms with Crippen LogP contribution in [0.25, 0.3) is 0 Å². The molecule has 1 aromatic carbocycles. The van der Waals surface area contributed by atoms with Crippen LogP contribution in [-0.2, 0) is 16.1 Å². The lowest BCUT2D eigenvalue weighted by molar-refractivity contribution is -0.131. The van der Waals surface area contributed by atoms with E-state index in [9.17, 15) is 9.59 Å². The number of amides is 2. The average molecular weight is 341 g/mol. The third-order valence-electron chi connectivity index (χ3n) is 4.03. The number of fused-ring (bicyclic) bond motifs is 1. The molecular weight excluding hydrogens is 322 g/mol. The maximum Gasteiger partial charge on any atom is 0.252 e. The molecule has 1 aromatic heterocycles. The van der Waals surface area contributed by atoms with E-state index < -0.39 is 4.75 Å². The number of carbonyl (C=O) groups excluding carboxylic acids is 2. The lowest BCUT2D eigenvalue weighted by Crippen LogP contribution is -2.56. The molecule has 6 heteroatoms. The fourth-order valence-corrected chi connectivity index (χ4v) is 3.93. The van der Waals surface area contributed by atoms with Crippen LogP contribution < -0.4 is 10.2 Å². The number of anilines is 1. The summed E-state index contributed by atoms with van der Waals surface area (Å²) in [5.74, 6) is -0.483. The van der Waals surface area contributed by atoms with E-state index in [1.54, 1.807) is 18.0 Å². The maximum atomic E-state index is 12.9. The number of pyridine rings is 1. The van der Waals surface area contributed by atoms with Crippen LogP contribution in [0.4, 0.5) is 5.69 Å². The number of aromatic nitrogens is 1. The van der Waals surface area contributed by atoms with Gasteiger partial charge in [0.15, 0.2) is 4.75 Å². The molecule has 0 radical (unpaired) electrons. The Morgan fingerprint density at radius 2 is 2.00 bits per heavy atom. The lowest BCUT2D eigenvalue weighted by atomic mass is 10.1. The van der Waals surface area contributed by atoms with Gasteiger partial charge in [0.05, 0.1) is 17.9 Å². The number of nitrogens with one attached hydrogen (secondary N) is 1. The van der Waals surface area contributed by atoms with Crippen LogP contribution in [0.15, 0.2) is 53.6 Å². The van der Waals surface area contributed by atoms with Crippen LogP contribution in [0.1, 0.15) is 19.5 Å². The van der Waals surface area contributed by atoms with Crippen molar-refractivity contribution >= 4 is 29.3 Å². The van der Waals surface area contributed by atoms with Gasteiger partial charge < -0.3 is 10.2 Å². The zero-order valence-electron chi connectivity index (χ0n) is 13.7. The molecule has 0 saturated heterocycles. The van der Waals surface area contributed by atoms with Crippen molar-refractivity contribution in [1.29, 1.82) is 0 Å². The highest BCUT2D eigenvalue weighted by atomic mass is 32.2. The Morgan fingerprint density at radius 3 is 2.71 bits per heavy atom. The molecule has 1 unspecified atom stereocenters. The smallest absolute Gasteiger partial charge is 0.252 e. The van der Waals surface area contributed by atoms with Gasteiger partial charge in [-0.3, -0.25) is 14.6 Å². The van der Waals surface area contributed by atoms with E-state index in [1.165, 1.54) is 11.8 Å². The first-order valence-electron chi connectivity index (χ1n) is 7.84. The van der Waals surface area contributed by atoms with E-state index in [1.807, 2.05) is 49.4 Å². The second kappa shape index (κ2) is 6.65. The van der Waals surface area contributed by atoms with Gasteiger partial charge in [-0.25, -0.2) is 0 Å². The normalized spacial score (nSPS) is 19.8. The first-order chi connectivity index (χ1) is 11.6. The summed E-state index contributed by atoms with van der Waals surface area (Å²) in [6, 6.07) is 13.2. The molecule has 124 valence electrons. The first-order valence-corrected chi connectivity index (χ1v) is 8.66. The van der Waals surface area contributed by atoms with E-state index in [0.717, 1.165) is 16.3 Å². The van der Waals surface area contributed by atoms with Crippen molar-refractivity contribution in [2.45, 2.75) is 30.0 Å². The molecule has 2 heterocycles. The number of hydrogen-bond acceptors (Lipinski definition) is 4. The van der Waals surface area contributed by atoms with E-state index in [-0.39, 0.29) is 11.8 Å². The van der Waals surface area contributed by atoms with E-state index in [4.69, 9.17) is 0 Å². The molecule has 2 amide bonds. The molecule has 0 aliphatic carbocycles. The fraction of sp³-hybridized carbons (Fsp3) is 0.278. The van der Waals surface area contributed by atoms with Gasteiger partial charge in [0.25, 0.3) is 5.91 Å². The summed E-state index contributed by atoms with van der Waals surface area (Å²) in [5, 5.41) is 2.85. The van der Waals surface area contributed by atoms with Crippen molar-refractivity contribution in [3.8, 4) is 0 Å². The SMILES string of the molecule is CCN1C(=O)C(C)(C(=O)NCc2ccccn2)Sc2ccccc21. The molecule has 5 nitrogen and oxygen atoms in total. The van der Waals surface area contributed by atoms with Crippen LogP contribution >= 0.6 is 11.8 Å². The predicted molar refractivity (Wildman–Crippen MR) is 94.8 cm³/mol. The molecule has 0 bridgehead atoms. The Labute approximate surface area is 145 Å². The molecule has 1 aliphatic heterocycles. The number of thioether (sulfide) groups is 1. The van der Waals surface area contributed by atoms with Crippen LogP contribution in [0.2, 0.25) is 0 Å². The highest BCUT2D eigenvalue weighted by molar-refractivity contribution is 8.02. The summed E-state index contributed by atoms with van der Waals surface area (Å²) in [6.45, 7) is 4.43. The van der Waals surface area contributed by atoms with Crippen LogP contribution in [-0.4, -0.2) is 28.1 Å². The van der Waals surface area contributed by atoms with Gasteiger partial charge in [-0.2, -0.15) is 0 Å². The second-order valence-electron chi connectivity index (χ2n) is 5.66. The largest absolute Gasteiger partial charge is 0.349 e. The Bertz CT molecular complexity index is 766. The van der Waals surface area contributed by atoms with Gasteiger partial charge in [0.2, 0.25) is 5.91 Å². The van der Waals surface area contributed by atoms with Crippen molar-refractivity contribution in [2.75, 3.05) is 11.4 Å². The third kappa shape index (κ3) is 2.89. The quantitative estimate of drug-likeness (QED) is 0.869. The molecule has 2 aromatic rings. The third-order valence-corrected chi connectivity index (χ3v) is 5.36. The summed E-state index contributed by atoms with van der Waals surface area (Å²) in [5.41, 5.74) is 1.63. The Balaban J connectivity index is 1.83. The highest BCUT2D eigenvalue weighted by Gasteiger charge is 2.48. The summed E-state index contributed by atoms with van der Waals surface area (Å²) in [7, 11) is 0. The zero-order chi connectivity index (χ0) is 17.2. The van der Waals surface area contributed by atoms with Crippen molar-refractivity contribution in [3.05, 3.63) is 54.4 Å². The number of hydrogen-bond donors (Lipinski definition) is 1. The maximum absolute atomic E-state index is 12.9. The van der Waals surface area contributed by atoms with Crippen LogP contribution in [0, 0.1) is 0 Å². The summed E-state index contributed by atoms with van der Waals surface area (Å²) >= 11 is 1.31. The van der Waals surface area contributed by atoms with Crippen molar-refractivity contribution < 1.29 is 9.59 Å². The number of nitrogens with zero attached hydrogens (tertiary/aromatic N) is 2. The number of rotatable bonds is 4. The summed E-state index contributed by atoms with van der Waals surface area (Å²) < 4.78 is -1.18. The molecular formula is C18H19N3O2S. The standard InChI is InChI=1S/C18H19N3O2S/c1-3-21-14-9-4-5-10-15(14)24-18(2,17(21)23)16(22)20-12-13-8-6-7-11-19-13/h4-11H,3,12H2,1-2H3,(H,20,22). The Kier molecular flexibility index (Phi) is 4.57. The summed E-state index contributed by atoms with van der Waals surface area (Å²) in [6.07, 6.45) is 1.68. The Morgan fingerprint density at radius 1 is 1.25 bits per heavy atom. The van der Waals surface area contributed by atoms with Crippen LogP contribution in [0.3, 0.4) is 0 Å². The van der Waals surface area contributed by atoms with Gasteiger partial charge in [0.1, 0.15) is 0 Å². The number of benzene rings is 1. The molecule has 3 rings (SSSR count). The van der Waals surface area contributed by atoms with Crippen molar-refractivity contribution in [1.82, 2.24) is 10.3 Å². The minimum Gasteiger partial charge on any atom is -0.349 e. The van der Waals surface area contributed by atoms with E-state index in [0.29, 0.717) is 13.1 Å². The number of para-hydroxylation sites is 1. The average Bonchev–Trinajstić information content (AvgIpc) is 2.61. The fourth-order valence-electron chi connectivity index (χ4n) is 2.70. The van der Waals surface area contributed by atoms with E-state index >= 15 is 0 Å². The lowest BCUT2D eigenvalue weighted by Gasteiger charge is -2.38. The molecule has 0 saturated carbocycles. The van der Waals surface area contributed by atoms with Crippen LogP contribution in [0.5, 0.6) is 0 Å². The number of carbonyl (C=O) groups is 2. The molecule has 1 aliphatic rings. The molecule has 1 N–H and O–H groups in total. The van der Waals surface area contributed by atoms with Crippen molar-refractivity contribution in [2.24, 2.45) is 0 Å². The monoisotopic (exact) mass is 341 g/mol. The second-order valence-corrected chi connectivity index (χ2v) is 7.12. The minimum atomic E-state index is -1.18. The summed E-state index contributed by atoms with van der Waals surface area (Å²) in [4.78, 5) is 32.5. The van der Waals surface area contributed by atoms with Gasteiger partial charge in [-0.05, 0) is 38.1 Å². The molecule has 0 fully saturated rings. The van der Waals surface area contributed by atoms with Gasteiger partial charge in [-0.15, -0.1) is 0 Å². The van der Waals surface area contributed by atoms with Gasteiger partial charge in [-0.1, -0.05) is 30.0 Å². The minimum absolute atomic E-state index is 0.188. The topological polar surface area (TPSA) is 62.3 Å². The van der Waals surface area contributed by atoms with Gasteiger partial charge >= 0.3 is 0 Å². The van der Waals surface area contributed by atoms with Crippen molar-refractivity contribution in [3.63, 3.8) is 0 Å². The molecule has 1 atom stereocenters. The predicted octanol–water partition coefficient (Wildman–Crippen LogP) is 2.62. The molecule has 24 heavy (non-hydrogen) atoms. The first kappa shape index (κ1) is 16.5. The highest BCUT2D eigenvalue weighted by Crippen LogP contribution is 2.45. The van der Waals surface area contributed by atoms with E-state index in [2.05, 4.69) is 10.3 Å². The zero-order valence-corrected chi connectivity index (χ0v) is 14.5. The Hall–Kier alpha value is -2.34. The molecule has 0 spiro atoms.